The molecule has 2 aliphatic heterocycles. The van der Waals surface area contributed by atoms with Crippen LogP contribution in [0.5, 0.6) is 0 Å². The van der Waals surface area contributed by atoms with Gasteiger partial charge in [0, 0.05) is 43.7 Å². The maximum atomic E-state index is 12.8. The minimum atomic E-state index is -0.0967. The highest BCUT2D eigenvalue weighted by molar-refractivity contribution is 5.92. The fraction of sp³-hybridized carbons (Fsp3) is 0.400. The second-order valence-electron chi connectivity index (χ2n) is 7.31. The Kier molecular flexibility index (Phi) is 5.64. The molecule has 1 fully saturated rings. The largest absolute Gasteiger partial charge is 0.350 e. The van der Waals surface area contributed by atoms with Gasteiger partial charge in [0.05, 0.1) is 6.54 Å². The molecular formula is C20H23ClN6O2. The second-order valence-corrected chi connectivity index (χ2v) is 7.31. The Labute approximate surface area is 174 Å². The fourth-order valence-electron chi connectivity index (χ4n) is 4.03. The summed E-state index contributed by atoms with van der Waals surface area (Å²) in [5.41, 5.74) is 1.62. The van der Waals surface area contributed by atoms with E-state index in [0.29, 0.717) is 30.5 Å². The monoisotopic (exact) mass is 414 g/mol. The van der Waals surface area contributed by atoms with Crippen LogP contribution in [0.2, 0.25) is 0 Å². The minimum absolute atomic E-state index is 0. The minimum Gasteiger partial charge on any atom is -0.350 e. The van der Waals surface area contributed by atoms with E-state index in [0.717, 1.165) is 49.7 Å². The smallest absolute Gasteiger partial charge is 0.292 e. The van der Waals surface area contributed by atoms with Gasteiger partial charge in [-0.15, -0.1) is 22.6 Å². The molecule has 8 nitrogen and oxygen atoms in total. The van der Waals surface area contributed by atoms with E-state index in [4.69, 9.17) is 4.52 Å². The molecule has 9 heteroatoms. The summed E-state index contributed by atoms with van der Waals surface area (Å²) in [4.78, 5) is 14.7. The van der Waals surface area contributed by atoms with Crippen LogP contribution in [0.25, 0.3) is 11.3 Å². The van der Waals surface area contributed by atoms with Crippen molar-refractivity contribution in [3.63, 3.8) is 0 Å². The highest BCUT2D eigenvalue weighted by Crippen LogP contribution is 2.29. The molecule has 1 amide bonds. The van der Waals surface area contributed by atoms with Crippen LogP contribution in [-0.4, -0.2) is 50.4 Å². The van der Waals surface area contributed by atoms with E-state index >= 15 is 0 Å². The molecule has 0 spiro atoms. The van der Waals surface area contributed by atoms with Crippen LogP contribution >= 0.6 is 12.4 Å². The van der Waals surface area contributed by atoms with Crippen molar-refractivity contribution in [3.8, 4) is 11.3 Å². The number of hydrogen-bond acceptors (Lipinski definition) is 6. The lowest BCUT2D eigenvalue weighted by Crippen LogP contribution is -2.38. The molecule has 0 aliphatic carbocycles. The lowest BCUT2D eigenvalue weighted by atomic mass is 9.95. The number of carbonyl (C=O) groups is 1. The van der Waals surface area contributed by atoms with Crippen LogP contribution in [0, 0.1) is 0 Å². The van der Waals surface area contributed by atoms with E-state index in [-0.39, 0.29) is 18.3 Å². The Hall–Kier alpha value is -2.71. The average Bonchev–Trinajstić information content (AvgIpc) is 3.42. The average molecular weight is 415 g/mol. The molecule has 1 N–H and O–H groups in total. The van der Waals surface area contributed by atoms with Crippen molar-refractivity contribution >= 4 is 18.3 Å². The van der Waals surface area contributed by atoms with Crippen molar-refractivity contribution in [1.82, 2.24) is 30.1 Å². The predicted octanol–water partition coefficient (Wildman–Crippen LogP) is 2.48. The summed E-state index contributed by atoms with van der Waals surface area (Å²) in [6.45, 7) is 4.01. The number of halogens is 1. The molecule has 4 heterocycles. The molecule has 1 saturated heterocycles. The van der Waals surface area contributed by atoms with E-state index in [1.807, 2.05) is 35.2 Å². The maximum absolute atomic E-state index is 12.8. The zero-order valence-corrected chi connectivity index (χ0v) is 16.8. The summed E-state index contributed by atoms with van der Waals surface area (Å²) < 4.78 is 7.57. The van der Waals surface area contributed by atoms with Crippen LogP contribution in [-0.2, 0) is 13.1 Å². The Morgan fingerprint density at radius 2 is 1.90 bits per heavy atom. The van der Waals surface area contributed by atoms with E-state index in [1.54, 1.807) is 6.07 Å². The zero-order valence-electron chi connectivity index (χ0n) is 16.0. The Morgan fingerprint density at radius 1 is 1.10 bits per heavy atom. The number of nitrogens with zero attached hydrogens (tertiary/aromatic N) is 5. The lowest BCUT2D eigenvalue weighted by Gasteiger charge is -2.31. The van der Waals surface area contributed by atoms with Gasteiger partial charge in [-0.2, -0.15) is 0 Å². The second kappa shape index (κ2) is 8.34. The fourth-order valence-corrected chi connectivity index (χ4v) is 4.03. The van der Waals surface area contributed by atoms with Crippen molar-refractivity contribution in [2.24, 2.45) is 0 Å². The number of amides is 1. The molecule has 5 rings (SSSR count). The third kappa shape index (κ3) is 3.77. The number of carbonyl (C=O) groups excluding carboxylic acids is 1. The molecule has 0 bridgehead atoms. The first-order chi connectivity index (χ1) is 13.8. The van der Waals surface area contributed by atoms with Gasteiger partial charge in [-0.1, -0.05) is 35.5 Å². The summed E-state index contributed by atoms with van der Waals surface area (Å²) in [7, 11) is 0. The van der Waals surface area contributed by atoms with Crippen molar-refractivity contribution < 1.29 is 9.32 Å². The number of benzene rings is 1. The van der Waals surface area contributed by atoms with Gasteiger partial charge in [-0.3, -0.25) is 4.79 Å². The van der Waals surface area contributed by atoms with E-state index in [9.17, 15) is 4.79 Å². The van der Waals surface area contributed by atoms with Crippen LogP contribution < -0.4 is 5.32 Å². The third-order valence-electron chi connectivity index (χ3n) is 5.59. The summed E-state index contributed by atoms with van der Waals surface area (Å²) in [5, 5.41) is 16.1. The van der Waals surface area contributed by atoms with Gasteiger partial charge >= 0.3 is 0 Å². The Bertz CT molecular complexity index is 978. The highest BCUT2D eigenvalue weighted by Gasteiger charge is 2.30. The molecule has 152 valence electrons. The van der Waals surface area contributed by atoms with Crippen LogP contribution in [0.15, 0.2) is 40.9 Å². The van der Waals surface area contributed by atoms with Crippen molar-refractivity contribution in [3.05, 3.63) is 53.8 Å². The summed E-state index contributed by atoms with van der Waals surface area (Å²) in [5.74, 6) is 2.62. The molecular weight excluding hydrogens is 392 g/mol. The van der Waals surface area contributed by atoms with Crippen molar-refractivity contribution in [2.45, 2.75) is 31.8 Å². The van der Waals surface area contributed by atoms with Gasteiger partial charge in [-0.05, 0) is 12.8 Å². The zero-order chi connectivity index (χ0) is 18.9. The number of likely N-dealkylation sites (tertiary alicyclic amines) is 1. The first kappa shape index (κ1) is 19.6. The van der Waals surface area contributed by atoms with Gasteiger partial charge in [-0.25, -0.2) is 0 Å². The molecule has 2 aromatic heterocycles. The van der Waals surface area contributed by atoms with E-state index < -0.39 is 0 Å². The van der Waals surface area contributed by atoms with Crippen LogP contribution in [0.4, 0.5) is 0 Å². The molecule has 1 aromatic carbocycles. The van der Waals surface area contributed by atoms with E-state index in [1.165, 1.54) is 0 Å². The number of piperidine rings is 1. The molecule has 29 heavy (non-hydrogen) atoms. The first-order valence-corrected chi connectivity index (χ1v) is 9.74. The molecule has 0 atom stereocenters. The number of hydrogen-bond donors (Lipinski definition) is 1. The first-order valence-electron chi connectivity index (χ1n) is 9.74. The number of aromatic nitrogens is 4. The summed E-state index contributed by atoms with van der Waals surface area (Å²) in [6.07, 6.45) is 1.77. The van der Waals surface area contributed by atoms with Gasteiger partial charge in [0.1, 0.15) is 17.3 Å². The maximum Gasteiger partial charge on any atom is 0.292 e. The van der Waals surface area contributed by atoms with Gasteiger partial charge in [0.15, 0.2) is 0 Å². The number of rotatable bonds is 3. The molecule has 0 unspecified atom stereocenters. The number of nitrogens with one attached hydrogen (secondary N) is 1. The molecule has 0 radical (unpaired) electrons. The van der Waals surface area contributed by atoms with Crippen LogP contribution in [0.1, 0.15) is 41.0 Å². The lowest BCUT2D eigenvalue weighted by molar-refractivity contribution is 0.0668. The molecule has 2 aliphatic rings. The SMILES string of the molecule is Cl.O=C(c1cc(-c2ccccc2)no1)N1CCC(c2nnc3n2CCNC3)CC1. The van der Waals surface area contributed by atoms with E-state index in [2.05, 4.69) is 25.2 Å². The van der Waals surface area contributed by atoms with Crippen molar-refractivity contribution in [1.29, 1.82) is 0 Å². The predicted molar refractivity (Wildman–Crippen MR) is 109 cm³/mol. The standard InChI is InChI=1S/C20H22N6O2.ClH/c27-20(17-12-16(24-28-17)14-4-2-1-3-5-14)25-9-6-15(7-10-25)19-23-22-18-13-21-8-11-26(18)19;/h1-5,12,15,21H,6-11,13H2;1H. The quantitative estimate of drug-likeness (QED) is 0.708. The topological polar surface area (TPSA) is 89.1 Å². The highest BCUT2D eigenvalue weighted by atomic mass is 35.5. The normalized spacial score (nSPS) is 16.9. The number of fused-ring (bicyclic) bond motifs is 1. The molecule has 3 aromatic rings. The summed E-state index contributed by atoms with van der Waals surface area (Å²) in [6, 6.07) is 11.5. The Balaban J connectivity index is 0.00000205. The van der Waals surface area contributed by atoms with Gasteiger partial charge in [0.25, 0.3) is 5.91 Å². The summed E-state index contributed by atoms with van der Waals surface area (Å²) >= 11 is 0. The van der Waals surface area contributed by atoms with Gasteiger partial charge < -0.3 is 19.3 Å². The van der Waals surface area contributed by atoms with Crippen LogP contribution in [0.3, 0.4) is 0 Å². The van der Waals surface area contributed by atoms with Crippen molar-refractivity contribution in [2.75, 3.05) is 19.6 Å². The Morgan fingerprint density at radius 3 is 2.69 bits per heavy atom. The molecule has 0 saturated carbocycles. The third-order valence-corrected chi connectivity index (χ3v) is 5.59. The van der Waals surface area contributed by atoms with Gasteiger partial charge in [0.2, 0.25) is 5.76 Å².